The second kappa shape index (κ2) is 7.77. The number of hydrazone groups is 1. The number of nitrogens with one attached hydrogen (secondary N) is 2. The molecule has 0 radical (unpaired) electrons. The van der Waals surface area contributed by atoms with Crippen LogP contribution >= 0.6 is 23.2 Å². The molecule has 0 spiro atoms. The molecule has 0 atom stereocenters. The highest BCUT2D eigenvalue weighted by molar-refractivity contribution is 6.33. The van der Waals surface area contributed by atoms with Crippen LogP contribution in [0.15, 0.2) is 47.6 Å². The Morgan fingerprint density at radius 1 is 1.18 bits per heavy atom. The number of carbonyl (C=O) groups excluding carboxylic acids is 1. The van der Waals surface area contributed by atoms with Crippen LogP contribution in [0.3, 0.4) is 0 Å². The molecule has 0 aliphatic rings. The maximum Gasteiger partial charge on any atom is 0.259 e. The normalized spacial score (nSPS) is 10.7. The van der Waals surface area contributed by atoms with E-state index in [0.717, 1.165) is 0 Å². The van der Waals surface area contributed by atoms with Crippen LogP contribution in [-0.2, 0) is 4.79 Å². The summed E-state index contributed by atoms with van der Waals surface area (Å²) in [6.45, 7) is -0.0942. The molecule has 2 aromatic rings. The number of nitrogens with zero attached hydrogens (tertiary/aromatic N) is 1. The summed E-state index contributed by atoms with van der Waals surface area (Å²) in [6.07, 6.45) is 1.44. The van der Waals surface area contributed by atoms with E-state index in [1.54, 1.807) is 24.3 Å². The van der Waals surface area contributed by atoms with E-state index < -0.39 is 11.7 Å². The number of rotatable bonds is 5. The van der Waals surface area contributed by atoms with Gasteiger partial charge in [-0.2, -0.15) is 5.10 Å². The molecule has 0 saturated heterocycles. The van der Waals surface area contributed by atoms with Gasteiger partial charge in [-0.3, -0.25) is 4.79 Å². The van der Waals surface area contributed by atoms with Crippen molar-refractivity contribution in [2.24, 2.45) is 5.10 Å². The van der Waals surface area contributed by atoms with Crippen molar-refractivity contribution in [2.75, 3.05) is 11.9 Å². The molecule has 22 heavy (non-hydrogen) atoms. The van der Waals surface area contributed by atoms with Gasteiger partial charge in [0.15, 0.2) is 0 Å². The second-order valence-electron chi connectivity index (χ2n) is 4.27. The third kappa shape index (κ3) is 4.44. The van der Waals surface area contributed by atoms with Gasteiger partial charge >= 0.3 is 0 Å². The first-order valence-corrected chi connectivity index (χ1v) is 7.08. The van der Waals surface area contributed by atoms with Gasteiger partial charge in [0.05, 0.1) is 23.5 Å². The molecule has 0 aromatic heterocycles. The zero-order chi connectivity index (χ0) is 15.9. The van der Waals surface area contributed by atoms with E-state index in [-0.39, 0.29) is 11.6 Å². The molecule has 1 amide bonds. The topological polar surface area (TPSA) is 53.5 Å². The van der Waals surface area contributed by atoms with Crippen molar-refractivity contribution in [2.45, 2.75) is 0 Å². The molecule has 2 N–H and O–H groups in total. The van der Waals surface area contributed by atoms with Crippen molar-refractivity contribution in [1.29, 1.82) is 0 Å². The number of hydrogen-bond acceptors (Lipinski definition) is 3. The van der Waals surface area contributed by atoms with Gasteiger partial charge in [0.2, 0.25) is 0 Å². The zero-order valence-corrected chi connectivity index (χ0v) is 12.8. The van der Waals surface area contributed by atoms with E-state index in [1.165, 1.54) is 18.3 Å². The Bertz CT molecular complexity index is 707. The third-order valence-electron chi connectivity index (χ3n) is 2.69. The van der Waals surface area contributed by atoms with Crippen LogP contribution in [0, 0.1) is 5.82 Å². The minimum absolute atomic E-state index is 0.0603. The Morgan fingerprint density at radius 2 is 1.95 bits per heavy atom. The van der Waals surface area contributed by atoms with Crippen molar-refractivity contribution < 1.29 is 9.18 Å². The van der Waals surface area contributed by atoms with Crippen LogP contribution in [0.4, 0.5) is 10.1 Å². The number of carbonyl (C=O) groups is 1. The van der Waals surface area contributed by atoms with Crippen LogP contribution in [0.1, 0.15) is 5.56 Å². The van der Waals surface area contributed by atoms with Crippen molar-refractivity contribution in [1.82, 2.24) is 5.43 Å². The Morgan fingerprint density at radius 3 is 2.73 bits per heavy atom. The molecule has 0 unspecified atom stereocenters. The van der Waals surface area contributed by atoms with Gasteiger partial charge in [-0.1, -0.05) is 47.5 Å². The average Bonchev–Trinajstić information content (AvgIpc) is 2.51. The standard InChI is InChI=1S/C15H12Cl2FN3O/c16-11-5-2-1-4-10(11)8-20-21-14(22)9-19-13-7-3-6-12(18)15(13)17/h1-8,19H,9H2,(H,21,22)/b20-8+. The van der Waals surface area contributed by atoms with Crippen molar-refractivity contribution >= 4 is 41.0 Å². The van der Waals surface area contributed by atoms with Crippen LogP contribution < -0.4 is 10.7 Å². The van der Waals surface area contributed by atoms with Gasteiger partial charge in [0.25, 0.3) is 5.91 Å². The fraction of sp³-hybridized carbons (Fsp3) is 0.0667. The summed E-state index contributed by atoms with van der Waals surface area (Å²) in [6, 6.07) is 11.4. The quantitative estimate of drug-likeness (QED) is 0.644. The third-order valence-corrected chi connectivity index (χ3v) is 3.42. The van der Waals surface area contributed by atoms with Crippen molar-refractivity contribution in [3.63, 3.8) is 0 Å². The SMILES string of the molecule is O=C(CNc1cccc(F)c1Cl)N/N=C/c1ccccc1Cl. The molecular formula is C15H12Cl2FN3O. The van der Waals surface area contributed by atoms with E-state index in [1.807, 2.05) is 6.07 Å². The smallest absolute Gasteiger partial charge is 0.259 e. The molecular weight excluding hydrogens is 328 g/mol. The lowest BCUT2D eigenvalue weighted by Gasteiger charge is -2.07. The molecule has 0 aliphatic heterocycles. The molecule has 0 aliphatic carbocycles. The molecule has 0 heterocycles. The lowest BCUT2D eigenvalue weighted by atomic mass is 10.2. The monoisotopic (exact) mass is 339 g/mol. The minimum Gasteiger partial charge on any atom is -0.375 e. The fourth-order valence-electron chi connectivity index (χ4n) is 1.61. The summed E-state index contributed by atoms with van der Waals surface area (Å²) in [5.74, 6) is -0.951. The number of hydrogen-bond donors (Lipinski definition) is 2. The van der Waals surface area contributed by atoms with Crippen LogP contribution in [0.25, 0.3) is 0 Å². The number of amides is 1. The summed E-state index contributed by atoms with van der Waals surface area (Å²) in [4.78, 5) is 11.6. The molecule has 0 fully saturated rings. The molecule has 0 saturated carbocycles. The van der Waals surface area contributed by atoms with E-state index in [4.69, 9.17) is 23.2 Å². The predicted molar refractivity (Wildman–Crippen MR) is 87.1 cm³/mol. The first-order valence-electron chi connectivity index (χ1n) is 6.32. The highest BCUT2D eigenvalue weighted by Crippen LogP contribution is 2.23. The van der Waals surface area contributed by atoms with Crippen molar-refractivity contribution in [3.05, 3.63) is 63.9 Å². The highest BCUT2D eigenvalue weighted by Gasteiger charge is 2.06. The number of benzene rings is 2. The highest BCUT2D eigenvalue weighted by atomic mass is 35.5. The molecule has 4 nitrogen and oxygen atoms in total. The lowest BCUT2D eigenvalue weighted by molar-refractivity contribution is -0.119. The fourth-order valence-corrected chi connectivity index (χ4v) is 1.99. The second-order valence-corrected chi connectivity index (χ2v) is 5.05. The van der Waals surface area contributed by atoms with E-state index in [9.17, 15) is 9.18 Å². The van der Waals surface area contributed by atoms with Crippen molar-refractivity contribution in [3.8, 4) is 0 Å². The van der Waals surface area contributed by atoms with E-state index in [2.05, 4.69) is 15.8 Å². The van der Waals surface area contributed by atoms with Crippen LogP contribution in [0.5, 0.6) is 0 Å². The summed E-state index contributed by atoms with van der Waals surface area (Å²) >= 11 is 11.7. The van der Waals surface area contributed by atoms with Gasteiger partial charge in [-0.05, 0) is 18.2 Å². The van der Waals surface area contributed by atoms with Gasteiger partial charge in [-0.15, -0.1) is 0 Å². The first kappa shape index (κ1) is 16.3. The summed E-state index contributed by atoms with van der Waals surface area (Å²) in [7, 11) is 0. The Balaban J connectivity index is 1.86. The summed E-state index contributed by atoms with van der Waals surface area (Å²) in [5.41, 5.74) is 3.36. The van der Waals surface area contributed by atoms with E-state index >= 15 is 0 Å². The van der Waals surface area contributed by atoms with Crippen LogP contribution in [0.2, 0.25) is 10.0 Å². The van der Waals surface area contributed by atoms with Gasteiger partial charge in [0.1, 0.15) is 5.82 Å². The predicted octanol–water partition coefficient (Wildman–Crippen LogP) is 3.69. The molecule has 114 valence electrons. The molecule has 2 rings (SSSR count). The largest absolute Gasteiger partial charge is 0.375 e. The Kier molecular flexibility index (Phi) is 5.75. The summed E-state index contributed by atoms with van der Waals surface area (Å²) < 4.78 is 13.2. The number of halogens is 3. The van der Waals surface area contributed by atoms with E-state index in [0.29, 0.717) is 16.3 Å². The maximum atomic E-state index is 13.2. The Labute approximate surface area is 136 Å². The number of anilines is 1. The average molecular weight is 340 g/mol. The maximum absolute atomic E-state index is 13.2. The minimum atomic E-state index is -0.552. The molecule has 7 heteroatoms. The van der Waals surface area contributed by atoms with Gasteiger partial charge < -0.3 is 5.32 Å². The molecule has 0 bridgehead atoms. The summed E-state index contributed by atoms with van der Waals surface area (Å²) in [5, 5.41) is 7.00. The first-order chi connectivity index (χ1) is 10.6. The lowest BCUT2D eigenvalue weighted by Crippen LogP contribution is -2.26. The van der Waals surface area contributed by atoms with Gasteiger partial charge in [-0.25, -0.2) is 9.82 Å². The van der Waals surface area contributed by atoms with Crippen LogP contribution in [-0.4, -0.2) is 18.7 Å². The Hall–Kier alpha value is -2.11. The van der Waals surface area contributed by atoms with Gasteiger partial charge in [0, 0.05) is 10.6 Å². The molecule has 2 aromatic carbocycles. The zero-order valence-electron chi connectivity index (χ0n) is 11.3.